The molecule has 0 aromatic heterocycles. The summed E-state index contributed by atoms with van der Waals surface area (Å²) in [6.07, 6.45) is -0.552. The smallest absolute Gasteiger partial charge is 0.407 e. The Balaban J connectivity index is 0.00000162. The third-order valence-electron chi connectivity index (χ3n) is 2.55. The molecule has 1 aliphatic heterocycles. The Kier molecular flexibility index (Phi) is 4.61. The van der Waals surface area contributed by atoms with Crippen LogP contribution in [0.25, 0.3) is 0 Å². The average Bonchev–Trinajstić information content (AvgIpc) is 2.75. The fourth-order valence-corrected chi connectivity index (χ4v) is 1.69. The van der Waals surface area contributed by atoms with Crippen molar-refractivity contribution >= 4 is 18.5 Å². The standard InChI is InChI=1S/C11H12FNO4.ClH/c1-15-9-3-6(7(12)4-10(9)16-2)8-5-17-11(14)13-8;/h3-4,8H,5H2,1-2H3,(H,13,14);1H/t8-;/m0./s1. The maximum Gasteiger partial charge on any atom is 0.407 e. The summed E-state index contributed by atoms with van der Waals surface area (Å²) in [5, 5.41) is 2.50. The second kappa shape index (κ2) is 5.77. The van der Waals surface area contributed by atoms with E-state index in [2.05, 4.69) is 5.32 Å². The number of hydrogen-bond donors (Lipinski definition) is 1. The summed E-state index contributed by atoms with van der Waals surface area (Å²) in [6.45, 7) is 0.102. The second-order valence-corrected chi connectivity index (χ2v) is 3.52. The van der Waals surface area contributed by atoms with Crippen molar-refractivity contribution in [2.75, 3.05) is 20.8 Å². The predicted octanol–water partition coefficient (Wildman–Crippen LogP) is 2.05. The van der Waals surface area contributed by atoms with E-state index in [0.717, 1.165) is 0 Å². The average molecular weight is 278 g/mol. The SMILES string of the molecule is COc1cc(F)c([C@@H]2COC(=O)N2)cc1OC.Cl. The van der Waals surface area contributed by atoms with Crippen LogP contribution in [-0.4, -0.2) is 26.9 Å². The van der Waals surface area contributed by atoms with Gasteiger partial charge < -0.3 is 19.5 Å². The highest BCUT2D eigenvalue weighted by atomic mass is 35.5. The third kappa shape index (κ3) is 2.59. The van der Waals surface area contributed by atoms with Gasteiger partial charge in [-0.15, -0.1) is 12.4 Å². The van der Waals surface area contributed by atoms with E-state index < -0.39 is 18.0 Å². The first-order chi connectivity index (χ1) is 8.15. The first-order valence-electron chi connectivity index (χ1n) is 5.00. The van der Waals surface area contributed by atoms with E-state index in [1.807, 2.05) is 0 Å². The largest absolute Gasteiger partial charge is 0.493 e. The highest BCUT2D eigenvalue weighted by molar-refractivity contribution is 5.85. The van der Waals surface area contributed by atoms with E-state index >= 15 is 0 Å². The summed E-state index contributed by atoms with van der Waals surface area (Å²) in [5.74, 6) is 0.238. The second-order valence-electron chi connectivity index (χ2n) is 3.52. The Labute approximate surface area is 110 Å². The highest BCUT2D eigenvalue weighted by Gasteiger charge is 2.27. The lowest BCUT2D eigenvalue weighted by atomic mass is 10.1. The van der Waals surface area contributed by atoms with Crippen molar-refractivity contribution in [1.29, 1.82) is 0 Å². The molecule has 1 amide bonds. The van der Waals surface area contributed by atoms with Crippen LogP contribution in [-0.2, 0) is 4.74 Å². The predicted molar refractivity (Wildman–Crippen MR) is 64.0 cm³/mol. The number of carbonyl (C=O) groups is 1. The lowest BCUT2D eigenvalue weighted by Crippen LogP contribution is -2.19. The molecule has 1 fully saturated rings. The Morgan fingerprint density at radius 1 is 1.33 bits per heavy atom. The van der Waals surface area contributed by atoms with E-state index in [-0.39, 0.29) is 19.0 Å². The number of methoxy groups -OCH3 is 2. The zero-order valence-corrected chi connectivity index (χ0v) is 10.7. The molecule has 100 valence electrons. The van der Waals surface area contributed by atoms with E-state index in [0.29, 0.717) is 17.1 Å². The van der Waals surface area contributed by atoms with E-state index in [4.69, 9.17) is 14.2 Å². The van der Waals surface area contributed by atoms with Crippen molar-refractivity contribution in [3.63, 3.8) is 0 Å². The van der Waals surface area contributed by atoms with Crippen LogP contribution < -0.4 is 14.8 Å². The molecule has 0 unspecified atom stereocenters. The number of halogens is 2. The fraction of sp³-hybridized carbons (Fsp3) is 0.364. The van der Waals surface area contributed by atoms with Gasteiger partial charge in [0.2, 0.25) is 0 Å². The Morgan fingerprint density at radius 3 is 2.44 bits per heavy atom. The van der Waals surface area contributed by atoms with Gasteiger partial charge >= 0.3 is 6.09 Å². The number of nitrogens with one attached hydrogen (secondary N) is 1. The minimum atomic E-state index is -0.552. The number of ether oxygens (including phenoxy) is 3. The molecule has 0 radical (unpaired) electrons. The van der Waals surface area contributed by atoms with Crippen LogP contribution in [0, 0.1) is 5.82 Å². The first kappa shape index (κ1) is 14.4. The summed E-state index contributed by atoms with van der Waals surface area (Å²) >= 11 is 0. The van der Waals surface area contributed by atoms with Gasteiger partial charge in [-0.05, 0) is 6.07 Å². The minimum absolute atomic E-state index is 0. The Bertz CT molecular complexity index is 455. The van der Waals surface area contributed by atoms with Gasteiger partial charge in [-0.25, -0.2) is 9.18 Å². The monoisotopic (exact) mass is 277 g/mol. The van der Waals surface area contributed by atoms with Crippen LogP contribution in [0.2, 0.25) is 0 Å². The molecule has 0 spiro atoms. The number of cyclic esters (lactones) is 1. The Hall–Kier alpha value is -1.69. The molecule has 1 heterocycles. The third-order valence-corrected chi connectivity index (χ3v) is 2.55. The number of carbonyl (C=O) groups excluding carboxylic acids is 1. The fourth-order valence-electron chi connectivity index (χ4n) is 1.69. The van der Waals surface area contributed by atoms with Gasteiger partial charge in [0.1, 0.15) is 12.4 Å². The quantitative estimate of drug-likeness (QED) is 0.919. The molecule has 2 rings (SSSR count). The number of hydrogen-bond acceptors (Lipinski definition) is 4. The molecular weight excluding hydrogens is 265 g/mol. The zero-order chi connectivity index (χ0) is 12.4. The van der Waals surface area contributed by atoms with Crippen molar-refractivity contribution in [3.8, 4) is 11.5 Å². The van der Waals surface area contributed by atoms with Crippen molar-refractivity contribution in [1.82, 2.24) is 5.32 Å². The molecule has 18 heavy (non-hydrogen) atoms. The molecule has 0 bridgehead atoms. The van der Waals surface area contributed by atoms with Crippen LogP contribution >= 0.6 is 12.4 Å². The topological polar surface area (TPSA) is 56.8 Å². The molecule has 0 aliphatic carbocycles. The number of benzene rings is 1. The molecule has 1 aromatic carbocycles. The number of rotatable bonds is 3. The maximum atomic E-state index is 13.8. The van der Waals surface area contributed by atoms with Crippen LogP contribution in [0.3, 0.4) is 0 Å². The van der Waals surface area contributed by atoms with Gasteiger partial charge in [-0.2, -0.15) is 0 Å². The van der Waals surface area contributed by atoms with E-state index in [1.54, 1.807) is 0 Å². The molecule has 7 heteroatoms. The zero-order valence-electron chi connectivity index (χ0n) is 9.86. The van der Waals surface area contributed by atoms with Gasteiger partial charge in [0, 0.05) is 11.6 Å². The van der Waals surface area contributed by atoms with Crippen molar-refractivity contribution in [2.45, 2.75) is 6.04 Å². The lowest BCUT2D eigenvalue weighted by Gasteiger charge is -2.13. The van der Waals surface area contributed by atoms with Crippen molar-refractivity contribution in [2.24, 2.45) is 0 Å². The maximum absolute atomic E-state index is 13.8. The van der Waals surface area contributed by atoms with Crippen LogP contribution in [0.15, 0.2) is 12.1 Å². The summed E-state index contributed by atoms with van der Waals surface area (Å²) < 4.78 is 28.6. The Morgan fingerprint density at radius 2 is 1.94 bits per heavy atom. The van der Waals surface area contributed by atoms with Gasteiger partial charge in [0.25, 0.3) is 0 Å². The summed E-state index contributed by atoms with van der Waals surface area (Å²) in [4.78, 5) is 10.9. The van der Waals surface area contributed by atoms with Crippen LogP contribution in [0.5, 0.6) is 11.5 Å². The molecular formula is C11H13ClFNO4. The molecule has 1 atom stereocenters. The van der Waals surface area contributed by atoms with Crippen molar-refractivity contribution in [3.05, 3.63) is 23.5 Å². The summed E-state index contributed by atoms with van der Waals surface area (Å²) in [7, 11) is 2.89. The van der Waals surface area contributed by atoms with Crippen LogP contribution in [0.1, 0.15) is 11.6 Å². The van der Waals surface area contributed by atoms with E-state index in [9.17, 15) is 9.18 Å². The van der Waals surface area contributed by atoms with Gasteiger partial charge in [-0.3, -0.25) is 0 Å². The van der Waals surface area contributed by atoms with Gasteiger partial charge in [0.15, 0.2) is 11.5 Å². The van der Waals surface area contributed by atoms with E-state index in [1.165, 1.54) is 26.4 Å². The highest BCUT2D eigenvalue weighted by Crippen LogP contribution is 2.33. The number of alkyl carbamates (subject to hydrolysis) is 1. The van der Waals surface area contributed by atoms with Crippen molar-refractivity contribution < 1.29 is 23.4 Å². The molecule has 1 aromatic rings. The normalized spacial score (nSPS) is 17.5. The molecule has 5 nitrogen and oxygen atoms in total. The molecule has 0 saturated carbocycles. The molecule has 1 N–H and O–H groups in total. The molecule has 1 saturated heterocycles. The summed E-state index contributed by atoms with van der Waals surface area (Å²) in [6, 6.07) is 2.22. The number of amides is 1. The van der Waals surface area contributed by atoms with Gasteiger partial charge in [0.05, 0.1) is 20.3 Å². The minimum Gasteiger partial charge on any atom is -0.493 e. The first-order valence-corrected chi connectivity index (χ1v) is 5.00. The van der Waals surface area contributed by atoms with Crippen LogP contribution in [0.4, 0.5) is 9.18 Å². The van der Waals surface area contributed by atoms with Gasteiger partial charge in [-0.1, -0.05) is 0 Å². The molecule has 1 aliphatic rings. The lowest BCUT2D eigenvalue weighted by molar-refractivity contribution is 0.176. The summed E-state index contributed by atoms with van der Waals surface area (Å²) in [5.41, 5.74) is 0.313.